The molecule has 0 bridgehead atoms. The Morgan fingerprint density at radius 3 is 0.813 bits per heavy atom. The quantitative estimate of drug-likeness (QED) is 0.0146. The number of phosphoric ester groups is 2. The molecule has 0 aromatic rings. The van der Waals surface area contributed by atoms with Crippen LogP contribution in [-0.4, -0.2) is 95.9 Å². The van der Waals surface area contributed by atoms with Crippen molar-refractivity contribution in [2.45, 2.75) is 334 Å². The molecule has 0 aliphatic rings. The van der Waals surface area contributed by atoms with Gasteiger partial charge in [-0.2, -0.15) is 0 Å². The van der Waals surface area contributed by atoms with Crippen molar-refractivity contribution in [3.63, 3.8) is 0 Å². The normalized spacial score (nSPS) is 14.8. The smallest absolute Gasteiger partial charge is 0.463 e. The summed E-state index contributed by atoms with van der Waals surface area (Å²) < 4.78 is 61.2. The highest BCUT2D eigenvalue weighted by atomic mass is 31.2. The Bertz CT molecular complexity index is 2620. The molecule has 0 spiro atoms. The maximum absolute atomic E-state index is 13.0. The van der Waals surface area contributed by atoms with E-state index in [1.54, 1.807) is 0 Å². The fourth-order valence-corrected chi connectivity index (χ4v) is 12.3. The van der Waals surface area contributed by atoms with Gasteiger partial charge >= 0.3 is 33.6 Å². The standard InChI is InChI=1S/C89H148O16P2/c1-4-7-10-13-16-19-22-25-28-31-33-35-37-39-41-43-45-47-49-52-54-57-60-63-66-69-72-75-87(92)99-78-84(90)79-101-106(95,96)102-80-85(91)81-103-107(97,98)104-83-86(105-89(94)77-74-71-68-65-62-59-56-51-30-27-24-21-18-15-12-9-6-3)82-100-88(93)76-73-70-67-64-61-58-55-53-50-48-46-44-42-40-38-36-34-32-29-26-23-20-17-14-11-8-5-2/h7,9-10,12,16-21,25-30,33-36,39-42,56,59,65,68,84-86,90-91H,4-6,8,11,13-15,22-24,31-32,37-38,43-55,57-58,60-64,66-67,69-83H2,1-3H3,(H,95,96)(H,97,98)/b10-7-,12-9-,19-16-,20-17-,21-18-,28-25-,29-26-,30-27-,35-33-,36-34-,41-39-,42-40-,59-56-,68-65-. The molecule has 610 valence electrons. The van der Waals surface area contributed by atoms with Crippen LogP contribution >= 0.6 is 15.6 Å². The second-order valence-electron chi connectivity index (χ2n) is 27.2. The number of unbranched alkanes of at least 4 members (excludes halogenated alkanes) is 26. The molecule has 0 saturated carbocycles. The summed E-state index contributed by atoms with van der Waals surface area (Å²) >= 11 is 0. The lowest BCUT2D eigenvalue weighted by Crippen LogP contribution is -2.30. The first-order chi connectivity index (χ1) is 52.2. The Labute approximate surface area is 650 Å². The SMILES string of the molecule is CC/C=C\C/C=C\C/C=C\C/C=C\C/C=C\CCCCCCCCCCCCCC(=O)OCC(O)COP(=O)(O)OCC(O)COP(=O)(O)OCC(COC(=O)CCCCCCCCCCCCC/C=C\C/C=C\C/C=C\C/C=C\CCCCC)OC(=O)CCC/C=C\C/C=C\C/C=C\C/C=C\C/C=C\CC. The van der Waals surface area contributed by atoms with Crippen molar-refractivity contribution in [2.24, 2.45) is 0 Å². The predicted molar refractivity (Wildman–Crippen MR) is 445 cm³/mol. The van der Waals surface area contributed by atoms with Crippen molar-refractivity contribution >= 4 is 33.6 Å². The molecule has 5 atom stereocenters. The molecule has 4 N–H and O–H groups in total. The van der Waals surface area contributed by atoms with Gasteiger partial charge in [0, 0.05) is 19.3 Å². The number of allylic oxidation sites excluding steroid dienone is 28. The van der Waals surface area contributed by atoms with E-state index in [9.17, 15) is 43.5 Å². The summed E-state index contributed by atoms with van der Waals surface area (Å²) in [4.78, 5) is 58.7. The van der Waals surface area contributed by atoms with Gasteiger partial charge in [0.05, 0.1) is 26.4 Å². The third-order valence-electron chi connectivity index (χ3n) is 16.9. The average Bonchev–Trinajstić information content (AvgIpc) is 0.908. The van der Waals surface area contributed by atoms with Crippen molar-refractivity contribution in [2.75, 3.05) is 39.6 Å². The van der Waals surface area contributed by atoms with E-state index < -0.39 is 91.5 Å². The van der Waals surface area contributed by atoms with Crippen molar-refractivity contribution < 1.29 is 75.8 Å². The van der Waals surface area contributed by atoms with E-state index in [0.29, 0.717) is 25.7 Å². The van der Waals surface area contributed by atoms with Crippen LogP contribution < -0.4 is 0 Å². The van der Waals surface area contributed by atoms with Crippen LogP contribution in [0.5, 0.6) is 0 Å². The number of hydrogen-bond acceptors (Lipinski definition) is 14. The summed E-state index contributed by atoms with van der Waals surface area (Å²) in [5.41, 5.74) is 0. The number of aliphatic hydroxyl groups excluding tert-OH is 2. The second-order valence-corrected chi connectivity index (χ2v) is 30.1. The van der Waals surface area contributed by atoms with Crippen LogP contribution in [0.25, 0.3) is 0 Å². The second kappa shape index (κ2) is 80.4. The average molecular weight is 1540 g/mol. The summed E-state index contributed by atoms with van der Waals surface area (Å²) in [5, 5.41) is 20.7. The molecule has 0 fully saturated rings. The maximum Gasteiger partial charge on any atom is 0.472 e. The monoisotopic (exact) mass is 1540 g/mol. The zero-order valence-corrected chi connectivity index (χ0v) is 68.5. The molecule has 0 aromatic heterocycles. The molecule has 0 amide bonds. The van der Waals surface area contributed by atoms with E-state index in [4.69, 9.17) is 32.3 Å². The van der Waals surface area contributed by atoms with Crippen LogP contribution in [0.3, 0.4) is 0 Å². The lowest BCUT2D eigenvalue weighted by molar-refractivity contribution is -0.161. The highest BCUT2D eigenvalue weighted by molar-refractivity contribution is 7.47. The van der Waals surface area contributed by atoms with Crippen LogP contribution in [0.1, 0.15) is 316 Å². The van der Waals surface area contributed by atoms with E-state index in [0.717, 1.165) is 148 Å². The summed E-state index contributed by atoms with van der Waals surface area (Å²) in [5.74, 6) is -1.65. The van der Waals surface area contributed by atoms with Gasteiger partial charge in [0.1, 0.15) is 25.4 Å². The first kappa shape index (κ1) is 102. The van der Waals surface area contributed by atoms with Gasteiger partial charge in [-0.05, 0) is 148 Å². The summed E-state index contributed by atoms with van der Waals surface area (Å²) in [7, 11) is -9.83. The maximum atomic E-state index is 13.0. The topological polar surface area (TPSA) is 231 Å². The van der Waals surface area contributed by atoms with E-state index in [2.05, 4.69) is 179 Å². The highest BCUT2D eigenvalue weighted by Gasteiger charge is 2.29. The van der Waals surface area contributed by atoms with Gasteiger partial charge < -0.3 is 34.2 Å². The highest BCUT2D eigenvalue weighted by Crippen LogP contribution is 2.45. The summed E-state index contributed by atoms with van der Waals surface area (Å²) in [6, 6.07) is 0. The van der Waals surface area contributed by atoms with Gasteiger partial charge in [0.25, 0.3) is 0 Å². The van der Waals surface area contributed by atoms with Gasteiger partial charge in [-0.1, -0.05) is 319 Å². The molecule has 18 heteroatoms. The molecule has 5 unspecified atom stereocenters. The minimum absolute atomic E-state index is 0.0207. The Hall–Kier alpha value is -5.09. The predicted octanol–water partition coefficient (Wildman–Crippen LogP) is 24.8. The van der Waals surface area contributed by atoms with Gasteiger partial charge in [0.2, 0.25) is 0 Å². The molecule has 0 rings (SSSR count). The Morgan fingerprint density at radius 1 is 0.271 bits per heavy atom. The zero-order chi connectivity index (χ0) is 78.0. The molecule has 16 nitrogen and oxygen atoms in total. The number of phosphoric acid groups is 2. The molecule has 0 aromatic carbocycles. The largest absolute Gasteiger partial charge is 0.472 e. The number of carbonyl (C=O) groups is 3. The van der Waals surface area contributed by atoms with E-state index >= 15 is 0 Å². The molecule has 107 heavy (non-hydrogen) atoms. The molecule has 0 aliphatic carbocycles. The van der Waals surface area contributed by atoms with Crippen LogP contribution in [0.15, 0.2) is 170 Å². The Balaban J connectivity index is 4.64. The van der Waals surface area contributed by atoms with Crippen molar-refractivity contribution in [1.29, 1.82) is 0 Å². The minimum atomic E-state index is -4.96. The first-order valence-electron chi connectivity index (χ1n) is 41.4. The number of hydrogen-bond donors (Lipinski definition) is 4. The molecular formula is C89H148O16P2. The number of rotatable bonds is 77. The fourth-order valence-electron chi connectivity index (χ4n) is 10.7. The Morgan fingerprint density at radius 2 is 0.505 bits per heavy atom. The van der Waals surface area contributed by atoms with Crippen molar-refractivity contribution in [1.82, 2.24) is 0 Å². The van der Waals surface area contributed by atoms with E-state index in [1.807, 2.05) is 12.2 Å². The van der Waals surface area contributed by atoms with Gasteiger partial charge in [-0.25, -0.2) is 9.13 Å². The van der Waals surface area contributed by atoms with Gasteiger partial charge in [-0.15, -0.1) is 0 Å². The number of esters is 3. The van der Waals surface area contributed by atoms with Crippen molar-refractivity contribution in [3.05, 3.63) is 170 Å². The van der Waals surface area contributed by atoms with Crippen LogP contribution in [0.2, 0.25) is 0 Å². The van der Waals surface area contributed by atoms with E-state index in [-0.39, 0.29) is 19.3 Å². The molecule has 0 heterocycles. The van der Waals surface area contributed by atoms with Crippen LogP contribution in [-0.2, 0) is 55.8 Å². The molecular weight excluding hydrogens is 1390 g/mol. The third-order valence-corrected chi connectivity index (χ3v) is 18.8. The van der Waals surface area contributed by atoms with Crippen LogP contribution in [0.4, 0.5) is 0 Å². The van der Waals surface area contributed by atoms with E-state index in [1.165, 1.54) is 103 Å². The van der Waals surface area contributed by atoms with Crippen molar-refractivity contribution in [3.8, 4) is 0 Å². The van der Waals surface area contributed by atoms with Gasteiger partial charge in [-0.3, -0.25) is 32.5 Å². The third kappa shape index (κ3) is 81.7. The molecule has 0 saturated heterocycles. The number of ether oxygens (including phenoxy) is 3. The summed E-state index contributed by atoms with van der Waals surface area (Å²) in [6.45, 7) is 2.36. The first-order valence-corrected chi connectivity index (χ1v) is 44.4. The number of carbonyl (C=O) groups excluding carboxylic acids is 3. The Kier molecular flexibility index (Phi) is 76.6. The fraction of sp³-hybridized carbons (Fsp3) is 0.652. The molecule has 0 aliphatic heterocycles. The van der Waals surface area contributed by atoms with Gasteiger partial charge in [0.15, 0.2) is 6.10 Å². The zero-order valence-electron chi connectivity index (χ0n) is 66.7. The molecule has 0 radical (unpaired) electrons. The summed E-state index contributed by atoms with van der Waals surface area (Å²) in [6.07, 6.45) is 103. The lowest BCUT2D eigenvalue weighted by atomic mass is 10.0. The number of aliphatic hydroxyl groups is 2. The lowest BCUT2D eigenvalue weighted by Gasteiger charge is -2.21. The van der Waals surface area contributed by atoms with Crippen LogP contribution in [0, 0.1) is 0 Å². The minimum Gasteiger partial charge on any atom is -0.463 e.